The van der Waals surface area contributed by atoms with Gasteiger partial charge in [0.15, 0.2) is 0 Å². The lowest BCUT2D eigenvalue weighted by molar-refractivity contribution is 0.0681. The molecule has 0 fully saturated rings. The zero-order valence-corrected chi connectivity index (χ0v) is 9.23. The van der Waals surface area contributed by atoms with E-state index in [-0.39, 0.29) is 0 Å². The minimum atomic E-state index is -0.866. The Labute approximate surface area is 89.6 Å². The van der Waals surface area contributed by atoms with E-state index in [2.05, 4.69) is 16.0 Å². The van der Waals surface area contributed by atoms with E-state index < -0.39 is 11.5 Å². The average molecular weight is 205 g/mol. The van der Waals surface area contributed by atoms with Crippen molar-refractivity contribution < 1.29 is 5.11 Å². The molecular weight excluding hydrogens is 190 g/mol. The van der Waals surface area contributed by atoms with Gasteiger partial charge in [-0.2, -0.15) is 5.26 Å². The molecule has 0 saturated carbocycles. The van der Waals surface area contributed by atoms with Crippen molar-refractivity contribution in [1.29, 1.82) is 5.26 Å². The highest BCUT2D eigenvalue weighted by Gasteiger charge is 2.33. The summed E-state index contributed by atoms with van der Waals surface area (Å²) in [5.74, 6) is 0.600. The number of nitriles is 1. The molecule has 4 nitrogen and oxygen atoms in total. The Hall–Kier alpha value is -1.47. The number of hydrogen-bond acceptors (Lipinski definition) is 4. The molecule has 0 radical (unpaired) electrons. The van der Waals surface area contributed by atoms with Crippen LogP contribution < -0.4 is 0 Å². The Bertz CT molecular complexity index is 386. The Kier molecular flexibility index (Phi) is 3.38. The van der Waals surface area contributed by atoms with Crippen molar-refractivity contribution in [2.24, 2.45) is 5.41 Å². The highest BCUT2D eigenvalue weighted by Crippen LogP contribution is 2.34. The van der Waals surface area contributed by atoms with Crippen molar-refractivity contribution in [3.63, 3.8) is 0 Å². The van der Waals surface area contributed by atoms with Crippen LogP contribution in [0.15, 0.2) is 12.3 Å². The van der Waals surface area contributed by atoms with E-state index >= 15 is 0 Å². The van der Waals surface area contributed by atoms with E-state index in [1.54, 1.807) is 26.1 Å². The van der Waals surface area contributed by atoms with Crippen LogP contribution in [-0.4, -0.2) is 15.1 Å². The van der Waals surface area contributed by atoms with E-state index in [0.29, 0.717) is 17.9 Å². The first-order valence-corrected chi connectivity index (χ1v) is 4.92. The summed E-state index contributed by atoms with van der Waals surface area (Å²) in [4.78, 5) is 8.07. The Balaban J connectivity index is 3.04. The van der Waals surface area contributed by atoms with Crippen LogP contribution in [0.2, 0.25) is 0 Å². The van der Waals surface area contributed by atoms with E-state index in [4.69, 9.17) is 5.26 Å². The van der Waals surface area contributed by atoms with E-state index in [1.807, 2.05) is 6.92 Å². The quantitative estimate of drug-likeness (QED) is 0.816. The van der Waals surface area contributed by atoms with E-state index in [0.717, 1.165) is 0 Å². The number of aliphatic hydroxyl groups excluding tert-OH is 1. The second-order valence-corrected chi connectivity index (χ2v) is 3.81. The Morgan fingerprint density at radius 1 is 1.67 bits per heavy atom. The maximum absolute atomic E-state index is 10.1. The maximum atomic E-state index is 10.1. The Morgan fingerprint density at radius 2 is 2.33 bits per heavy atom. The second kappa shape index (κ2) is 4.37. The molecule has 2 unspecified atom stereocenters. The van der Waals surface area contributed by atoms with Crippen molar-refractivity contribution >= 4 is 0 Å². The fraction of sp³-hybridized carbons (Fsp3) is 0.545. The van der Waals surface area contributed by atoms with Crippen molar-refractivity contribution in [2.75, 3.05) is 0 Å². The summed E-state index contributed by atoms with van der Waals surface area (Å²) in [6.07, 6.45) is 1.30. The smallest absolute Gasteiger partial charge is 0.125 e. The zero-order chi connectivity index (χ0) is 11.5. The van der Waals surface area contributed by atoms with Gasteiger partial charge in [-0.25, -0.2) is 9.97 Å². The summed E-state index contributed by atoms with van der Waals surface area (Å²) < 4.78 is 0. The highest BCUT2D eigenvalue weighted by molar-refractivity contribution is 5.13. The minimum absolute atomic E-state index is 0.508. The summed E-state index contributed by atoms with van der Waals surface area (Å²) in [5, 5.41) is 19.1. The fourth-order valence-corrected chi connectivity index (χ4v) is 1.29. The molecular formula is C11H15N3O. The van der Waals surface area contributed by atoms with Gasteiger partial charge in [0.25, 0.3) is 0 Å². The van der Waals surface area contributed by atoms with Crippen LogP contribution in [0.5, 0.6) is 0 Å². The third-order valence-corrected chi connectivity index (χ3v) is 2.67. The molecule has 0 saturated heterocycles. The number of hydrogen-bond donors (Lipinski definition) is 1. The molecule has 0 aliphatic heterocycles. The van der Waals surface area contributed by atoms with Crippen LogP contribution in [0.3, 0.4) is 0 Å². The van der Waals surface area contributed by atoms with E-state index in [9.17, 15) is 5.11 Å². The lowest BCUT2D eigenvalue weighted by atomic mass is 9.81. The van der Waals surface area contributed by atoms with Gasteiger partial charge in [-0.15, -0.1) is 0 Å². The first kappa shape index (κ1) is 11.6. The van der Waals surface area contributed by atoms with Crippen LogP contribution >= 0.6 is 0 Å². The molecule has 0 spiro atoms. The molecule has 4 heteroatoms. The van der Waals surface area contributed by atoms with Crippen LogP contribution in [-0.2, 0) is 0 Å². The van der Waals surface area contributed by atoms with Crippen molar-refractivity contribution in [3.8, 4) is 6.07 Å². The molecule has 0 aromatic carbocycles. The van der Waals surface area contributed by atoms with Crippen molar-refractivity contribution in [1.82, 2.24) is 9.97 Å². The van der Waals surface area contributed by atoms with Crippen LogP contribution in [0, 0.1) is 23.7 Å². The molecule has 1 rings (SSSR count). The first-order chi connectivity index (χ1) is 7.03. The third-order valence-electron chi connectivity index (χ3n) is 2.67. The molecule has 0 amide bonds. The number of nitrogens with zero attached hydrogens (tertiary/aromatic N) is 3. The normalized spacial score (nSPS) is 16.5. The topological polar surface area (TPSA) is 69.8 Å². The minimum Gasteiger partial charge on any atom is -0.385 e. The summed E-state index contributed by atoms with van der Waals surface area (Å²) >= 11 is 0. The molecule has 0 bridgehead atoms. The number of rotatable bonds is 3. The molecule has 1 aromatic rings. The van der Waals surface area contributed by atoms with Gasteiger partial charge in [0, 0.05) is 6.20 Å². The van der Waals surface area contributed by atoms with Crippen LogP contribution in [0.1, 0.15) is 37.9 Å². The average Bonchev–Trinajstić information content (AvgIpc) is 2.27. The standard InChI is InChI=1S/C11H15N3O/c1-4-11(3,7-12)10(15)9-5-6-13-8(2)14-9/h5-6,10,15H,4H2,1-3H3. The van der Waals surface area contributed by atoms with Crippen molar-refractivity contribution in [2.45, 2.75) is 33.3 Å². The van der Waals surface area contributed by atoms with Gasteiger partial charge in [0.1, 0.15) is 11.9 Å². The monoisotopic (exact) mass is 205 g/mol. The zero-order valence-electron chi connectivity index (χ0n) is 9.23. The molecule has 1 aromatic heterocycles. The number of aromatic nitrogens is 2. The highest BCUT2D eigenvalue weighted by atomic mass is 16.3. The predicted octanol–water partition coefficient (Wildman–Crippen LogP) is 1.76. The summed E-state index contributed by atoms with van der Waals surface area (Å²) in [6, 6.07) is 3.78. The van der Waals surface area contributed by atoms with Gasteiger partial charge in [-0.3, -0.25) is 0 Å². The largest absolute Gasteiger partial charge is 0.385 e. The van der Waals surface area contributed by atoms with Gasteiger partial charge in [0.2, 0.25) is 0 Å². The SMILES string of the molecule is CCC(C)(C#N)C(O)c1ccnc(C)n1. The molecule has 0 aliphatic carbocycles. The van der Waals surface area contributed by atoms with Gasteiger partial charge in [-0.05, 0) is 26.3 Å². The lowest BCUT2D eigenvalue weighted by Gasteiger charge is -2.25. The summed E-state index contributed by atoms with van der Waals surface area (Å²) in [5.41, 5.74) is -0.283. The maximum Gasteiger partial charge on any atom is 0.125 e. The lowest BCUT2D eigenvalue weighted by Crippen LogP contribution is -2.24. The summed E-state index contributed by atoms with van der Waals surface area (Å²) in [6.45, 7) is 5.36. The molecule has 1 N–H and O–H groups in total. The molecule has 0 aliphatic rings. The van der Waals surface area contributed by atoms with Gasteiger partial charge < -0.3 is 5.11 Å². The number of aryl methyl sites for hydroxylation is 1. The summed E-state index contributed by atoms with van der Waals surface area (Å²) in [7, 11) is 0. The molecule has 15 heavy (non-hydrogen) atoms. The predicted molar refractivity (Wildman–Crippen MR) is 55.7 cm³/mol. The van der Waals surface area contributed by atoms with Gasteiger partial charge in [0.05, 0.1) is 17.2 Å². The van der Waals surface area contributed by atoms with E-state index in [1.165, 1.54) is 0 Å². The first-order valence-electron chi connectivity index (χ1n) is 4.92. The van der Waals surface area contributed by atoms with Gasteiger partial charge >= 0.3 is 0 Å². The van der Waals surface area contributed by atoms with Crippen molar-refractivity contribution in [3.05, 3.63) is 23.8 Å². The van der Waals surface area contributed by atoms with Gasteiger partial charge in [-0.1, -0.05) is 6.92 Å². The Morgan fingerprint density at radius 3 is 2.80 bits per heavy atom. The third kappa shape index (κ3) is 2.31. The molecule has 2 atom stereocenters. The van der Waals surface area contributed by atoms with Crippen LogP contribution in [0.25, 0.3) is 0 Å². The second-order valence-electron chi connectivity index (χ2n) is 3.81. The van der Waals surface area contributed by atoms with Crippen LogP contribution in [0.4, 0.5) is 0 Å². The molecule has 80 valence electrons. The fourth-order valence-electron chi connectivity index (χ4n) is 1.29. The number of aliphatic hydroxyl groups is 1. The molecule has 1 heterocycles.